The first-order valence-corrected chi connectivity index (χ1v) is 15.8. The fraction of sp³-hybridized carbons (Fsp3) is 0.667. The van der Waals surface area contributed by atoms with E-state index in [0.29, 0.717) is 19.4 Å². The van der Waals surface area contributed by atoms with Gasteiger partial charge < -0.3 is 20.7 Å². The number of hydrogen-bond donors (Lipinski definition) is 4. The van der Waals surface area contributed by atoms with Crippen molar-refractivity contribution in [2.24, 2.45) is 11.8 Å². The van der Waals surface area contributed by atoms with Crippen molar-refractivity contribution in [1.82, 2.24) is 26.4 Å². The number of ketones is 1. The molecule has 3 amide bonds. The smallest absolute Gasteiger partial charge is 0.243 e. The zero-order chi connectivity index (χ0) is 30.0. The summed E-state index contributed by atoms with van der Waals surface area (Å²) in [5.41, 5.74) is 3.14. The summed E-state index contributed by atoms with van der Waals surface area (Å²) in [7, 11) is 0. The van der Waals surface area contributed by atoms with Gasteiger partial charge in [0.2, 0.25) is 17.7 Å². The highest BCUT2D eigenvalue weighted by Crippen LogP contribution is 2.29. The molecule has 0 aromatic heterocycles. The van der Waals surface area contributed by atoms with E-state index in [-0.39, 0.29) is 36.5 Å². The molecule has 0 bridgehead atoms. The second kappa shape index (κ2) is 15.7. The first-order valence-electron chi connectivity index (χ1n) is 14.7. The van der Waals surface area contributed by atoms with Crippen molar-refractivity contribution in [1.29, 1.82) is 0 Å². The molecule has 3 rings (SSSR count). The molecule has 10 nitrogen and oxygen atoms in total. The summed E-state index contributed by atoms with van der Waals surface area (Å²) < 4.78 is 5.37. The Balaban J connectivity index is 1.71. The third-order valence-electron chi connectivity index (χ3n) is 7.19. The first kappa shape index (κ1) is 33.0. The number of thioether (sulfide) groups is 1. The lowest BCUT2D eigenvalue weighted by molar-refractivity contribution is -0.134. The number of Topliss-reactive ketones (excluding diaryl/α,β-unsaturated/α-hetero) is 1. The fourth-order valence-electron chi connectivity index (χ4n) is 4.78. The third-order valence-corrected chi connectivity index (χ3v) is 8.13. The highest BCUT2D eigenvalue weighted by molar-refractivity contribution is 7.99. The van der Waals surface area contributed by atoms with Gasteiger partial charge in [0.25, 0.3) is 0 Å². The molecule has 11 heteroatoms. The van der Waals surface area contributed by atoms with Crippen LogP contribution in [0.1, 0.15) is 53.0 Å². The van der Waals surface area contributed by atoms with Gasteiger partial charge in [-0.15, -0.1) is 0 Å². The Kier molecular flexibility index (Phi) is 12.6. The van der Waals surface area contributed by atoms with Crippen LogP contribution in [0.4, 0.5) is 0 Å². The van der Waals surface area contributed by atoms with Crippen LogP contribution >= 0.6 is 11.8 Å². The molecule has 2 aliphatic rings. The number of hydrogen-bond acceptors (Lipinski definition) is 8. The van der Waals surface area contributed by atoms with Crippen LogP contribution in [0.3, 0.4) is 0 Å². The van der Waals surface area contributed by atoms with E-state index in [0.717, 1.165) is 30.2 Å². The molecule has 2 heterocycles. The molecule has 2 fully saturated rings. The number of ether oxygens (including phenoxy) is 1. The molecule has 0 radical (unpaired) electrons. The van der Waals surface area contributed by atoms with Crippen LogP contribution in [0.5, 0.6) is 0 Å². The molecule has 4 atom stereocenters. The quantitative estimate of drug-likeness (QED) is 0.214. The van der Waals surface area contributed by atoms with Crippen molar-refractivity contribution in [2.45, 2.75) is 77.6 Å². The van der Waals surface area contributed by atoms with Gasteiger partial charge in [-0.2, -0.15) is 11.8 Å². The van der Waals surface area contributed by atoms with E-state index < -0.39 is 35.5 Å². The Morgan fingerprint density at radius 1 is 0.878 bits per heavy atom. The molecular weight excluding hydrogens is 542 g/mol. The predicted octanol–water partition coefficient (Wildman–Crippen LogP) is 1.69. The van der Waals surface area contributed by atoms with Crippen molar-refractivity contribution in [3.8, 4) is 0 Å². The van der Waals surface area contributed by atoms with Gasteiger partial charge in [0.05, 0.1) is 19.2 Å². The number of benzene rings is 1. The van der Waals surface area contributed by atoms with E-state index in [2.05, 4.69) is 21.4 Å². The maximum Gasteiger partial charge on any atom is 0.243 e. The monoisotopic (exact) mass is 589 g/mol. The lowest BCUT2D eigenvalue weighted by Gasteiger charge is -2.28. The average Bonchev–Trinajstić information content (AvgIpc) is 3.69. The number of epoxide rings is 1. The SMILES string of the molecule is CC(C)C[C@H](NC(=O)CNN1CCSCC1)C(=O)N[C@@H](Cc1ccccc1)C(=O)N[C@@H](CC(C)C)C(=O)[C@@]1(C)CO1. The Labute approximate surface area is 248 Å². The molecule has 228 valence electrons. The number of nitrogens with one attached hydrogen (secondary N) is 4. The Morgan fingerprint density at radius 3 is 2.02 bits per heavy atom. The van der Waals surface area contributed by atoms with Gasteiger partial charge in [0.1, 0.15) is 17.7 Å². The third kappa shape index (κ3) is 11.0. The molecule has 0 spiro atoms. The highest BCUT2D eigenvalue weighted by atomic mass is 32.2. The summed E-state index contributed by atoms with van der Waals surface area (Å²) in [4.78, 5) is 53.2. The summed E-state index contributed by atoms with van der Waals surface area (Å²) in [5, 5.41) is 10.7. The fourth-order valence-corrected chi connectivity index (χ4v) is 5.68. The maximum absolute atomic E-state index is 13.6. The van der Waals surface area contributed by atoms with Gasteiger partial charge in [0, 0.05) is 31.0 Å². The van der Waals surface area contributed by atoms with Crippen LogP contribution in [0.15, 0.2) is 30.3 Å². The maximum atomic E-state index is 13.6. The first-order chi connectivity index (χ1) is 19.5. The van der Waals surface area contributed by atoms with E-state index in [1.807, 2.05) is 74.8 Å². The van der Waals surface area contributed by atoms with E-state index >= 15 is 0 Å². The molecule has 1 aromatic carbocycles. The molecule has 1 aromatic rings. The van der Waals surface area contributed by atoms with Crippen LogP contribution < -0.4 is 21.4 Å². The minimum absolute atomic E-state index is 0.0697. The summed E-state index contributed by atoms with van der Waals surface area (Å²) in [5.74, 6) is 0.999. The molecule has 0 aliphatic carbocycles. The molecule has 0 unspecified atom stereocenters. The largest absolute Gasteiger partial charge is 0.361 e. The van der Waals surface area contributed by atoms with Gasteiger partial charge in [-0.05, 0) is 37.2 Å². The zero-order valence-corrected chi connectivity index (χ0v) is 25.9. The van der Waals surface area contributed by atoms with Crippen molar-refractivity contribution in [3.05, 3.63) is 35.9 Å². The lowest BCUT2D eigenvalue weighted by atomic mass is 9.93. The van der Waals surface area contributed by atoms with Gasteiger partial charge in [0.15, 0.2) is 5.78 Å². The number of nitrogens with zero attached hydrogens (tertiary/aromatic N) is 1. The second-order valence-corrected chi connectivity index (χ2v) is 13.2. The standard InChI is InChI=1S/C30H47N5O5S/c1-20(2)15-23(27(37)30(5)19-40-30)33-29(39)25(17-22-9-7-6-8-10-22)34-28(38)24(16-21(3)4)32-26(36)18-31-35-11-13-41-14-12-35/h6-10,20-21,23-25,31H,11-19H2,1-5H3,(H,32,36)(H,33,39)(H,34,38)/t23-,24-,25-,30+/m0/s1. The zero-order valence-electron chi connectivity index (χ0n) is 25.0. The number of rotatable bonds is 16. The molecule has 0 saturated carbocycles. The van der Waals surface area contributed by atoms with Crippen LogP contribution in [-0.4, -0.2) is 90.0 Å². The van der Waals surface area contributed by atoms with Gasteiger partial charge in [-0.25, -0.2) is 10.4 Å². The second-order valence-electron chi connectivity index (χ2n) is 12.0. The van der Waals surface area contributed by atoms with Crippen LogP contribution in [0.2, 0.25) is 0 Å². The normalized spacial score (nSPS) is 21.1. The summed E-state index contributed by atoms with van der Waals surface area (Å²) in [6.07, 6.45) is 1.12. The van der Waals surface area contributed by atoms with E-state index in [1.165, 1.54) is 0 Å². The van der Waals surface area contributed by atoms with Crippen molar-refractivity contribution in [3.63, 3.8) is 0 Å². The van der Waals surface area contributed by atoms with E-state index in [1.54, 1.807) is 6.92 Å². The average molecular weight is 590 g/mol. The minimum atomic E-state index is -0.934. The van der Waals surface area contributed by atoms with Gasteiger partial charge >= 0.3 is 0 Å². The van der Waals surface area contributed by atoms with Crippen molar-refractivity contribution < 1.29 is 23.9 Å². The van der Waals surface area contributed by atoms with Gasteiger partial charge in [-0.3, -0.25) is 19.2 Å². The molecular formula is C30H47N5O5S. The molecule has 2 saturated heterocycles. The summed E-state index contributed by atoms with van der Waals surface area (Å²) in [6, 6.07) is 6.94. The van der Waals surface area contributed by atoms with Crippen molar-refractivity contribution in [2.75, 3.05) is 37.7 Å². The topological polar surface area (TPSA) is 132 Å². The molecule has 41 heavy (non-hydrogen) atoms. The minimum Gasteiger partial charge on any atom is -0.361 e. The molecule has 4 N–H and O–H groups in total. The number of carbonyl (C=O) groups is 4. The van der Waals surface area contributed by atoms with Crippen LogP contribution in [-0.2, 0) is 30.3 Å². The predicted molar refractivity (Wildman–Crippen MR) is 161 cm³/mol. The van der Waals surface area contributed by atoms with Crippen molar-refractivity contribution >= 4 is 35.3 Å². The highest BCUT2D eigenvalue weighted by Gasteiger charge is 2.50. The van der Waals surface area contributed by atoms with E-state index in [9.17, 15) is 19.2 Å². The molecule has 2 aliphatic heterocycles. The Morgan fingerprint density at radius 2 is 1.44 bits per heavy atom. The van der Waals surface area contributed by atoms with E-state index in [4.69, 9.17) is 4.74 Å². The number of amides is 3. The van der Waals surface area contributed by atoms with Crippen LogP contribution in [0, 0.1) is 11.8 Å². The Hall–Kier alpha value is -2.47. The van der Waals surface area contributed by atoms with Crippen LogP contribution in [0.25, 0.3) is 0 Å². The number of hydrazine groups is 1. The number of carbonyl (C=O) groups excluding carboxylic acids is 4. The van der Waals surface area contributed by atoms with Gasteiger partial charge in [-0.1, -0.05) is 58.0 Å². The summed E-state index contributed by atoms with van der Waals surface area (Å²) >= 11 is 1.88. The summed E-state index contributed by atoms with van der Waals surface area (Å²) in [6.45, 7) is 11.8. The lowest BCUT2D eigenvalue weighted by Crippen LogP contribution is -2.58. The Bertz CT molecular complexity index is 1030.